The maximum atomic E-state index is 5.56. The summed E-state index contributed by atoms with van der Waals surface area (Å²) in [6.07, 6.45) is 5.02. The van der Waals surface area contributed by atoms with Crippen LogP contribution < -0.4 is 11.1 Å². The largest absolute Gasteiger partial charge is 0.378 e. The van der Waals surface area contributed by atoms with Crippen LogP contribution in [-0.4, -0.2) is 30.8 Å². The van der Waals surface area contributed by atoms with Gasteiger partial charge in [0.25, 0.3) is 0 Å². The highest BCUT2D eigenvalue weighted by Gasteiger charge is 2.14. The summed E-state index contributed by atoms with van der Waals surface area (Å²) < 4.78 is 5.55. The van der Waals surface area contributed by atoms with Crippen LogP contribution in [0.15, 0.2) is 5.38 Å². The molecule has 3 N–H and O–H groups in total. The van der Waals surface area contributed by atoms with E-state index in [-0.39, 0.29) is 0 Å². The second kappa shape index (κ2) is 6.18. The number of nitrogens with one attached hydrogen (secondary N) is 1. The molecular formula is C11H19N3OS. The molecular weight excluding hydrogens is 222 g/mol. The average Bonchev–Trinajstić information content (AvgIpc) is 2.89. The molecule has 1 aliphatic rings. The molecule has 0 amide bonds. The molecule has 2 rings (SSSR count). The Balaban J connectivity index is 1.51. The number of aromatic nitrogens is 1. The monoisotopic (exact) mass is 241 g/mol. The molecule has 5 heteroatoms. The molecule has 90 valence electrons. The number of rotatable bonds is 6. The van der Waals surface area contributed by atoms with Gasteiger partial charge in [-0.2, -0.15) is 0 Å². The van der Waals surface area contributed by atoms with Gasteiger partial charge in [-0.3, -0.25) is 0 Å². The summed E-state index contributed by atoms with van der Waals surface area (Å²) in [5.41, 5.74) is 6.65. The Labute approximate surface area is 100 Å². The van der Waals surface area contributed by atoms with E-state index in [1.807, 2.05) is 5.38 Å². The molecule has 2 heterocycles. The number of hydrogen-bond donors (Lipinski definition) is 2. The molecule has 1 fully saturated rings. The maximum absolute atomic E-state index is 5.56. The number of ether oxygens (including phenoxy) is 1. The quantitative estimate of drug-likeness (QED) is 0.740. The number of thiazole rings is 1. The molecule has 0 radical (unpaired) electrons. The second-order valence-corrected chi connectivity index (χ2v) is 4.99. The van der Waals surface area contributed by atoms with Gasteiger partial charge in [0.05, 0.1) is 11.8 Å². The van der Waals surface area contributed by atoms with Gasteiger partial charge < -0.3 is 15.8 Å². The van der Waals surface area contributed by atoms with Crippen molar-refractivity contribution in [1.29, 1.82) is 0 Å². The SMILES string of the molecule is Nc1nc(CCNCCC2CCCO2)cs1. The zero-order valence-electron chi connectivity index (χ0n) is 9.45. The zero-order chi connectivity index (χ0) is 11.2. The first-order valence-electron chi connectivity index (χ1n) is 5.87. The van der Waals surface area contributed by atoms with Gasteiger partial charge in [0, 0.05) is 25.0 Å². The third-order valence-corrected chi connectivity index (χ3v) is 3.52. The van der Waals surface area contributed by atoms with Crippen LogP contribution in [0.2, 0.25) is 0 Å². The van der Waals surface area contributed by atoms with Crippen LogP contribution in [-0.2, 0) is 11.2 Å². The van der Waals surface area contributed by atoms with Crippen LogP contribution in [0.25, 0.3) is 0 Å². The lowest BCUT2D eigenvalue weighted by atomic mass is 10.2. The summed E-state index contributed by atoms with van der Waals surface area (Å²) in [4.78, 5) is 4.22. The van der Waals surface area contributed by atoms with Crippen LogP contribution >= 0.6 is 11.3 Å². The fraction of sp³-hybridized carbons (Fsp3) is 0.727. The lowest BCUT2D eigenvalue weighted by Crippen LogP contribution is -2.22. The highest BCUT2D eigenvalue weighted by atomic mass is 32.1. The predicted molar refractivity (Wildman–Crippen MR) is 66.7 cm³/mol. The molecule has 0 saturated carbocycles. The Morgan fingerprint density at radius 3 is 3.19 bits per heavy atom. The van der Waals surface area contributed by atoms with Crippen molar-refractivity contribution in [3.05, 3.63) is 11.1 Å². The van der Waals surface area contributed by atoms with Crippen molar-refractivity contribution in [3.63, 3.8) is 0 Å². The Morgan fingerprint density at radius 2 is 2.50 bits per heavy atom. The molecule has 1 saturated heterocycles. The van der Waals surface area contributed by atoms with E-state index in [1.165, 1.54) is 24.2 Å². The molecule has 0 aromatic carbocycles. The van der Waals surface area contributed by atoms with E-state index < -0.39 is 0 Å². The van der Waals surface area contributed by atoms with Gasteiger partial charge in [-0.25, -0.2) is 4.98 Å². The highest BCUT2D eigenvalue weighted by molar-refractivity contribution is 7.13. The molecule has 1 aromatic rings. The van der Waals surface area contributed by atoms with Gasteiger partial charge in [0.1, 0.15) is 0 Å². The van der Waals surface area contributed by atoms with Gasteiger partial charge in [-0.15, -0.1) is 11.3 Å². The smallest absolute Gasteiger partial charge is 0.180 e. The van der Waals surface area contributed by atoms with Crippen molar-refractivity contribution < 1.29 is 4.74 Å². The molecule has 4 nitrogen and oxygen atoms in total. The highest BCUT2D eigenvalue weighted by Crippen LogP contribution is 2.14. The molecule has 0 aliphatic carbocycles. The van der Waals surface area contributed by atoms with E-state index in [9.17, 15) is 0 Å². The van der Waals surface area contributed by atoms with Gasteiger partial charge in [-0.1, -0.05) is 0 Å². The maximum Gasteiger partial charge on any atom is 0.180 e. The summed E-state index contributed by atoms with van der Waals surface area (Å²) in [7, 11) is 0. The standard InChI is InChI=1S/C11H19N3OS/c12-11-14-9(8-16-11)3-5-13-6-4-10-2-1-7-15-10/h8,10,13H,1-7H2,(H2,12,14). The van der Waals surface area contributed by atoms with Crippen molar-refractivity contribution in [1.82, 2.24) is 10.3 Å². The minimum absolute atomic E-state index is 0.488. The van der Waals surface area contributed by atoms with Gasteiger partial charge in [0.15, 0.2) is 5.13 Å². The summed E-state index contributed by atoms with van der Waals surface area (Å²) in [5.74, 6) is 0. The summed E-state index contributed by atoms with van der Waals surface area (Å²) in [6.45, 7) is 2.95. The predicted octanol–water partition coefficient (Wildman–Crippen LogP) is 1.43. The lowest BCUT2D eigenvalue weighted by molar-refractivity contribution is 0.104. The molecule has 1 aliphatic heterocycles. The normalized spacial score (nSPS) is 20.4. The molecule has 1 unspecified atom stereocenters. The number of nitrogens with two attached hydrogens (primary N) is 1. The van der Waals surface area contributed by atoms with E-state index >= 15 is 0 Å². The number of nitrogen functional groups attached to an aromatic ring is 1. The van der Waals surface area contributed by atoms with Crippen molar-refractivity contribution in [2.24, 2.45) is 0 Å². The van der Waals surface area contributed by atoms with Crippen molar-refractivity contribution in [3.8, 4) is 0 Å². The van der Waals surface area contributed by atoms with Gasteiger partial charge in [0.2, 0.25) is 0 Å². The molecule has 1 aromatic heterocycles. The minimum atomic E-state index is 0.488. The Bertz CT molecular complexity index is 310. The first-order chi connectivity index (χ1) is 7.84. The van der Waals surface area contributed by atoms with E-state index in [1.54, 1.807) is 0 Å². The van der Waals surface area contributed by atoms with Gasteiger partial charge in [-0.05, 0) is 25.8 Å². The lowest BCUT2D eigenvalue weighted by Gasteiger charge is -2.09. The topological polar surface area (TPSA) is 60.2 Å². The summed E-state index contributed by atoms with van der Waals surface area (Å²) in [6, 6.07) is 0. The third kappa shape index (κ3) is 3.73. The van der Waals surface area contributed by atoms with E-state index in [4.69, 9.17) is 10.5 Å². The Morgan fingerprint density at radius 1 is 1.56 bits per heavy atom. The molecule has 1 atom stereocenters. The van der Waals surface area contributed by atoms with Crippen LogP contribution in [0.1, 0.15) is 25.0 Å². The van der Waals surface area contributed by atoms with Crippen molar-refractivity contribution in [2.45, 2.75) is 31.8 Å². The van der Waals surface area contributed by atoms with Crippen molar-refractivity contribution in [2.75, 3.05) is 25.4 Å². The van der Waals surface area contributed by atoms with E-state index in [0.29, 0.717) is 11.2 Å². The number of anilines is 1. The van der Waals surface area contributed by atoms with Crippen LogP contribution in [0.4, 0.5) is 5.13 Å². The van der Waals surface area contributed by atoms with Crippen LogP contribution in [0, 0.1) is 0 Å². The summed E-state index contributed by atoms with van der Waals surface area (Å²) in [5, 5.41) is 6.10. The fourth-order valence-electron chi connectivity index (χ4n) is 1.91. The van der Waals surface area contributed by atoms with Crippen molar-refractivity contribution >= 4 is 16.5 Å². The summed E-state index contributed by atoms with van der Waals surface area (Å²) >= 11 is 1.51. The first-order valence-corrected chi connectivity index (χ1v) is 6.75. The third-order valence-electron chi connectivity index (χ3n) is 2.79. The first kappa shape index (κ1) is 11.8. The number of hydrogen-bond acceptors (Lipinski definition) is 5. The number of nitrogens with zero attached hydrogens (tertiary/aromatic N) is 1. The van der Waals surface area contributed by atoms with Gasteiger partial charge >= 0.3 is 0 Å². The average molecular weight is 241 g/mol. The molecule has 0 spiro atoms. The fourth-order valence-corrected chi connectivity index (χ4v) is 2.51. The Kier molecular flexibility index (Phi) is 4.56. The molecule has 16 heavy (non-hydrogen) atoms. The van der Waals surface area contributed by atoms with E-state index in [2.05, 4.69) is 10.3 Å². The minimum Gasteiger partial charge on any atom is -0.378 e. The zero-order valence-corrected chi connectivity index (χ0v) is 10.3. The second-order valence-electron chi connectivity index (χ2n) is 4.10. The van der Waals surface area contributed by atoms with E-state index in [0.717, 1.165) is 38.2 Å². The molecule has 0 bridgehead atoms. The Hall–Kier alpha value is -0.650. The van der Waals surface area contributed by atoms with Crippen LogP contribution in [0.5, 0.6) is 0 Å². The van der Waals surface area contributed by atoms with Crippen LogP contribution in [0.3, 0.4) is 0 Å².